The molecule has 108 valence electrons. The molecule has 0 fully saturated rings. The van der Waals surface area contributed by atoms with E-state index in [-0.39, 0.29) is 10.9 Å². The van der Waals surface area contributed by atoms with Crippen LogP contribution in [0, 0.1) is 5.82 Å². The third-order valence-corrected chi connectivity index (χ3v) is 3.23. The van der Waals surface area contributed by atoms with E-state index < -0.39 is 24.5 Å². The molecule has 0 saturated heterocycles. The summed E-state index contributed by atoms with van der Waals surface area (Å²) in [6, 6.07) is 3.60. The number of halogens is 5. The fourth-order valence-electron chi connectivity index (χ4n) is 1.80. The maximum atomic E-state index is 13.1. The van der Waals surface area contributed by atoms with Gasteiger partial charge in [0.05, 0.1) is 10.9 Å². The molecular weight excluding hydrogens is 326 g/mol. The summed E-state index contributed by atoms with van der Waals surface area (Å²) in [4.78, 5) is 0. The van der Waals surface area contributed by atoms with E-state index >= 15 is 0 Å². The molecular formula is C13H16BrF4N. The molecule has 1 unspecified atom stereocenters. The highest BCUT2D eigenvalue weighted by Gasteiger charge is 2.31. The number of hydrogen-bond donors (Lipinski definition) is 1. The van der Waals surface area contributed by atoms with Gasteiger partial charge < -0.3 is 5.32 Å². The number of hydrogen-bond acceptors (Lipinski definition) is 1. The van der Waals surface area contributed by atoms with E-state index in [9.17, 15) is 17.6 Å². The van der Waals surface area contributed by atoms with Crippen LogP contribution in [0.3, 0.4) is 0 Å². The van der Waals surface area contributed by atoms with Crippen molar-refractivity contribution in [2.24, 2.45) is 0 Å². The minimum atomic E-state index is -4.21. The lowest BCUT2D eigenvalue weighted by Gasteiger charge is -2.20. The minimum absolute atomic E-state index is 0.221. The molecule has 0 aliphatic carbocycles. The second kappa shape index (κ2) is 7.24. The summed E-state index contributed by atoms with van der Waals surface area (Å²) in [5.41, 5.74) is 0.672. The van der Waals surface area contributed by atoms with Crippen LogP contribution in [-0.4, -0.2) is 18.8 Å². The number of rotatable bonds is 6. The Morgan fingerprint density at radius 2 is 2.00 bits per heavy atom. The van der Waals surface area contributed by atoms with Gasteiger partial charge in [0.25, 0.3) is 0 Å². The second-order valence-corrected chi connectivity index (χ2v) is 5.28. The molecule has 1 aromatic carbocycles. The molecule has 19 heavy (non-hydrogen) atoms. The molecule has 1 nitrogen and oxygen atoms in total. The van der Waals surface area contributed by atoms with Crippen LogP contribution in [0.4, 0.5) is 17.6 Å². The number of benzene rings is 1. The lowest BCUT2D eigenvalue weighted by atomic mass is 10.0. The van der Waals surface area contributed by atoms with Gasteiger partial charge in [-0.3, -0.25) is 0 Å². The van der Waals surface area contributed by atoms with E-state index in [4.69, 9.17) is 0 Å². The normalized spacial score (nSPS) is 13.6. The minimum Gasteiger partial charge on any atom is -0.313 e. The van der Waals surface area contributed by atoms with E-state index in [2.05, 4.69) is 21.2 Å². The SMILES string of the molecule is CCCNC(Cc1ccc(F)c(Br)c1)CC(F)(F)F. The fraction of sp³-hybridized carbons (Fsp3) is 0.538. The Hall–Kier alpha value is -0.620. The van der Waals surface area contributed by atoms with Crippen molar-refractivity contribution in [3.8, 4) is 0 Å². The van der Waals surface area contributed by atoms with Gasteiger partial charge in [-0.25, -0.2) is 4.39 Å². The molecule has 1 aromatic rings. The van der Waals surface area contributed by atoms with Crippen molar-refractivity contribution in [3.63, 3.8) is 0 Å². The van der Waals surface area contributed by atoms with Gasteiger partial charge in [-0.05, 0) is 53.0 Å². The van der Waals surface area contributed by atoms with Crippen molar-refractivity contribution >= 4 is 15.9 Å². The summed E-state index contributed by atoms with van der Waals surface area (Å²) in [5, 5.41) is 2.88. The summed E-state index contributed by atoms with van der Waals surface area (Å²) in [6.45, 7) is 2.43. The van der Waals surface area contributed by atoms with Gasteiger partial charge in [0.15, 0.2) is 0 Å². The van der Waals surface area contributed by atoms with Crippen LogP contribution in [-0.2, 0) is 6.42 Å². The van der Waals surface area contributed by atoms with Crippen LogP contribution in [0.25, 0.3) is 0 Å². The second-order valence-electron chi connectivity index (χ2n) is 4.42. The lowest BCUT2D eigenvalue weighted by molar-refractivity contribution is -0.139. The zero-order chi connectivity index (χ0) is 14.5. The van der Waals surface area contributed by atoms with Gasteiger partial charge in [-0.2, -0.15) is 13.2 Å². The summed E-state index contributed by atoms with van der Waals surface area (Å²) < 4.78 is 50.7. The van der Waals surface area contributed by atoms with Gasteiger partial charge in [0, 0.05) is 6.04 Å². The lowest BCUT2D eigenvalue weighted by Crippen LogP contribution is -2.36. The molecule has 0 amide bonds. The van der Waals surface area contributed by atoms with E-state index in [1.54, 1.807) is 0 Å². The number of nitrogens with one attached hydrogen (secondary N) is 1. The standard InChI is InChI=1S/C13H16BrF4N/c1-2-5-19-10(8-13(16,17)18)6-9-3-4-12(15)11(14)7-9/h3-4,7,10,19H,2,5-6,8H2,1H3. The average molecular weight is 342 g/mol. The van der Waals surface area contributed by atoms with Crippen molar-refractivity contribution in [1.29, 1.82) is 0 Å². The van der Waals surface area contributed by atoms with Crippen LogP contribution in [0.1, 0.15) is 25.3 Å². The molecule has 1 rings (SSSR count). The topological polar surface area (TPSA) is 12.0 Å². The first-order valence-corrected chi connectivity index (χ1v) is 6.85. The van der Waals surface area contributed by atoms with Crippen LogP contribution in [0.15, 0.2) is 22.7 Å². The van der Waals surface area contributed by atoms with Crippen LogP contribution < -0.4 is 5.32 Å². The van der Waals surface area contributed by atoms with Crippen molar-refractivity contribution in [3.05, 3.63) is 34.1 Å². The van der Waals surface area contributed by atoms with E-state index in [0.29, 0.717) is 12.1 Å². The van der Waals surface area contributed by atoms with Gasteiger partial charge in [-0.15, -0.1) is 0 Å². The Kier molecular flexibility index (Phi) is 6.26. The third-order valence-electron chi connectivity index (χ3n) is 2.63. The van der Waals surface area contributed by atoms with E-state index in [1.165, 1.54) is 18.2 Å². The van der Waals surface area contributed by atoms with Crippen LogP contribution >= 0.6 is 15.9 Å². The monoisotopic (exact) mass is 341 g/mol. The maximum absolute atomic E-state index is 13.1. The zero-order valence-corrected chi connectivity index (χ0v) is 12.1. The third kappa shape index (κ3) is 6.38. The van der Waals surface area contributed by atoms with Gasteiger partial charge in [-0.1, -0.05) is 13.0 Å². The van der Waals surface area contributed by atoms with Gasteiger partial charge in [0.2, 0.25) is 0 Å². The maximum Gasteiger partial charge on any atom is 0.390 e. The molecule has 6 heteroatoms. The Morgan fingerprint density at radius 1 is 1.32 bits per heavy atom. The molecule has 0 aliphatic heterocycles. The van der Waals surface area contributed by atoms with Gasteiger partial charge in [0.1, 0.15) is 5.82 Å². The predicted molar refractivity (Wildman–Crippen MR) is 70.6 cm³/mol. The van der Waals surface area contributed by atoms with E-state index in [0.717, 1.165) is 6.42 Å². The van der Waals surface area contributed by atoms with Crippen molar-refractivity contribution in [2.45, 2.75) is 38.4 Å². The highest BCUT2D eigenvalue weighted by atomic mass is 79.9. The highest BCUT2D eigenvalue weighted by molar-refractivity contribution is 9.10. The molecule has 0 bridgehead atoms. The van der Waals surface area contributed by atoms with Crippen molar-refractivity contribution in [1.82, 2.24) is 5.32 Å². The molecule has 1 atom stereocenters. The molecule has 0 saturated carbocycles. The largest absolute Gasteiger partial charge is 0.390 e. The number of alkyl halides is 3. The average Bonchev–Trinajstić information content (AvgIpc) is 2.29. The molecule has 1 N–H and O–H groups in total. The summed E-state index contributed by atoms with van der Waals surface area (Å²) in [7, 11) is 0. The van der Waals surface area contributed by atoms with E-state index in [1.807, 2.05) is 6.92 Å². The summed E-state index contributed by atoms with van der Waals surface area (Å²) in [6.07, 6.45) is -4.11. The first kappa shape index (κ1) is 16.4. The first-order chi connectivity index (χ1) is 8.81. The molecule has 0 aliphatic rings. The fourth-order valence-corrected chi connectivity index (χ4v) is 2.22. The Bertz CT molecular complexity index is 406. The Labute approximate surface area is 118 Å². The first-order valence-electron chi connectivity index (χ1n) is 6.06. The smallest absolute Gasteiger partial charge is 0.313 e. The highest BCUT2D eigenvalue weighted by Crippen LogP contribution is 2.24. The molecule has 0 aromatic heterocycles. The summed E-state index contributed by atoms with van der Waals surface area (Å²) >= 11 is 3.03. The molecule has 0 heterocycles. The molecule has 0 radical (unpaired) electrons. The predicted octanol–water partition coefficient (Wildman–Crippen LogP) is 4.45. The zero-order valence-electron chi connectivity index (χ0n) is 10.5. The Balaban J connectivity index is 2.72. The van der Waals surface area contributed by atoms with Crippen LogP contribution in [0.5, 0.6) is 0 Å². The quantitative estimate of drug-likeness (QED) is 0.753. The molecule has 0 spiro atoms. The van der Waals surface area contributed by atoms with Gasteiger partial charge >= 0.3 is 6.18 Å². The van der Waals surface area contributed by atoms with Crippen molar-refractivity contribution < 1.29 is 17.6 Å². The Morgan fingerprint density at radius 3 is 2.53 bits per heavy atom. The van der Waals surface area contributed by atoms with Crippen molar-refractivity contribution in [2.75, 3.05) is 6.54 Å². The summed E-state index contributed by atoms with van der Waals surface area (Å²) in [5.74, 6) is -0.419. The van der Waals surface area contributed by atoms with Crippen LogP contribution in [0.2, 0.25) is 0 Å².